The van der Waals surface area contributed by atoms with Crippen LogP contribution >= 0.6 is 0 Å². The van der Waals surface area contributed by atoms with Gasteiger partial charge < -0.3 is 5.32 Å². The first-order chi connectivity index (χ1) is 8.06. The van der Waals surface area contributed by atoms with Crippen molar-refractivity contribution in [3.05, 3.63) is 29.3 Å². The molecular weight excluding hydrogens is 208 g/mol. The average molecular weight is 234 g/mol. The topological polar surface area (TPSA) is 24.4 Å². The fraction of sp³-hybridized carbons (Fsp3) is 0.533. The number of aliphatic imine (C=N–C) groups is 1. The SMILES string of the molecule is CCC.CN=CNc1ccc(C)c(C(C)C)c1. The summed E-state index contributed by atoms with van der Waals surface area (Å²) in [5.41, 5.74) is 3.84. The van der Waals surface area contributed by atoms with Crippen molar-refractivity contribution in [1.29, 1.82) is 0 Å². The monoisotopic (exact) mass is 234 g/mol. The van der Waals surface area contributed by atoms with E-state index in [4.69, 9.17) is 0 Å². The van der Waals surface area contributed by atoms with Crippen LogP contribution in [0.25, 0.3) is 0 Å². The maximum atomic E-state index is 3.89. The molecule has 0 aromatic heterocycles. The molecule has 1 N–H and O–H groups in total. The van der Waals surface area contributed by atoms with Crippen molar-refractivity contribution in [3.8, 4) is 0 Å². The van der Waals surface area contributed by atoms with Gasteiger partial charge in [-0.05, 0) is 36.1 Å². The third kappa shape index (κ3) is 6.10. The van der Waals surface area contributed by atoms with Gasteiger partial charge in [-0.2, -0.15) is 0 Å². The van der Waals surface area contributed by atoms with Crippen molar-refractivity contribution in [3.63, 3.8) is 0 Å². The molecule has 0 heterocycles. The largest absolute Gasteiger partial charge is 0.347 e. The highest BCUT2D eigenvalue weighted by Crippen LogP contribution is 2.22. The number of hydrogen-bond donors (Lipinski definition) is 1. The van der Waals surface area contributed by atoms with Crippen LogP contribution in [0.4, 0.5) is 5.69 Å². The van der Waals surface area contributed by atoms with Gasteiger partial charge in [0.15, 0.2) is 0 Å². The lowest BCUT2D eigenvalue weighted by Gasteiger charge is -2.11. The molecule has 0 fully saturated rings. The first kappa shape index (κ1) is 15.7. The summed E-state index contributed by atoms with van der Waals surface area (Å²) in [5.74, 6) is 0.565. The molecule has 2 nitrogen and oxygen atoms in total. The van der Waals surface area contributed by atoms with Gasteiger partial charge >= 0.3 is 0 Å². The van der Waals surface area contributed by atoms with E-state index < -0.39 is 0 Å². The zero-order valence-electron chi connectivity index (χ0n) is 12.0. The Morgan fingerprint density at radius 2 is 1.88 bits per heavy atom. The molecule has 1 aromatic rings. The lowest BCUT2D eigenvalue weighted by molar-refractivity contribution is 0.857. The van der Waals surface area contributed by atoms with Crippen molar-refractivity contribution in [2.45, 2.75) is 47.0 Å². The van der Waals surface area contributed by atoms with E-state index in [1.165, 1.54) is 17.5 Å². The van der Waals surface area contributed by atoms with Crippen molar-refractivity contribution >= 4 is 12.0 Å². The van der Waals surface area contributed by atoms with Gasteiger partial charge in [0, 0.05) is 12.7 Å². The molecule has 0 saturated heterocycles. The minimum atomic E-state index is 0.565. The first-order valence-electron chi connectivity index (χ1n) is 6.34. The molecule has 17 heavy (non-hydrogen) atoms. The Labute approximate surface area is 106 Å². The first-order valence-corrected chi connectivity index (χ1v) is 6.34. The maximum Gasteiger partial charge on any atom is 0.0864 e. The maximum absolute atomic E-state index is 3.89. The summed E-state index contributed by atoms with van der Waals surface area (Å²) in [6.07, 6.45) is 2.95. The van der Waals surface area contributed by atoms with Crippen LogP contribution in [0.3, 0.4) is 0 Å². The summed E-state index contributed by atoms with van der Waals surface area (Å²) in [4.78, 5) is 3.89. The second-order valence-corrected chi connectivity index (χ2v) is 4.46. The summed E-state index contributed by atoms with van der Waals surface area (Å²) in [7, 11) is 1.75. The van der Waals surface area contributed by atoms with E-state index in [0.29, 0.717) is 5.92 Å². The fourth-order valence-electron chi connectivity index (χ4n) is 1.49. The molecule has 0 saturated carbocycles. The molecule has 0 unspecified atom stereocenters. The van der Waals surface area contributed by atoms with Gasteiger partial charge in [-0.25, -0.2) is 0 Å². The molecule has 96 valence electrons. The van der Waals surface area contributed by atoms with Crippen molar-refractivity contribution in [2.24, 2.45) is 4.99 Å². The summed E-state index contributed by atoms with van der Waals surface area (Å²) < 4.78 is 0. The standard InChI is InChI=1S/C12H18N2.C3H8/c1-9(2)12-7-11(14-8-13-4)6-5-10(12)3;1-3-2/h5-9H,1-4H3,(H,13,14);3H2,1-2H3. The zero-order chi connectivity index (χ0) is 13.3. The fourth-order valence-corrected chi connectivity index (χ4v) is 1.49. The Kier molecular flexibility index (Phi) is 8.12. The predicted octanol–water partition coefficient (Wildman–Crippen LogP) is 4.60. The van der Waals surface area contributed by atoms with E-state index in [9.17, 15) is 0 Å². The molecule has 0 radical (unpaired) electrons. The minimum absolute atomic E-state index is 0.565. The molecule has 0 amide bonds. The summed E-state index contributed by atoms with van der Waals surface area (Å²) in [6, 6.07) is 6.39. The number of rotatable bonds is 3. The molecule has 0 aliphatic heterocycles. The minimum Gasteiger partial charge on any atom is -0.347 e. The number of nitrogens with one attached hydrogen (secondary N) is 1. The summed E-state index contributed by atoms with van der Waals surface area (Å²) >= 11 is 0. The third-order valence-corrected chi connectivity index (χ3v) is 2.26. The Morgan fingerprint density at radius 1 is 1.29 bits per heavy atom. The zero-order valence-corrected chi connectivity index (χ0v) is 12.0. The van der Waals surface area contributed by atoms with Gasteiger partial charge in [-0.15, -0.1) is 0 Å². The number of nitrogens with zero attached hydrogens (tertiary/aromatic N) is 1. The van der Waals surface area contributed by atoms with Crippen LogP contribution in [-0.4, -0.2) is 13.4 Å². The molecule has 0 atom stereocenters. The van der Waals surface area contributed by atoms with Crippen LogP contribution in [0.1, 0.15) is 51.2 Å². The van der Waals surface area contributed by atoms with Gasteiger partial charge in [0.1, 0.15) is 0 Å². The Balaban J connectivity index is 0.000000770. The summed E-state index contributed by atoms with van der Waals surface area (Å²) in [5, 5.41) is 3.13. The smallest absolute Gasteiger partial charge is 0.0864 e. The molecule has 0 bridgehead atoms. The second kappa shape index (κ2) is 8.80. The molecule has 1 aromatic carbocycles. The Bertz CT molecular complexity index is 341. The van der Waals surface area contributed by atoms with Gasteiger partial charge in [-0.1, -0.05) is 40.2 Å². The molecule has 2 heteroatoms. The van der Waals surface area contributed by atoms with Crippen LogP contribution < -0.4 is 5.32 Å². The number of benzene rings is 1. The van der Waals surface area contributed by atoms with Crippen molar-refractivity contribution < 1.29 is 0 Å². The van der Waals surface area contributed by atoms with E-state index in [0.717, 1.165) is 5.69 Å². The van der Waals surface area contributed by atoms with Crippen LogP contribution in [0.5, 0.6) is 0 Å². The van der Waals surface area contributed by atoms with E-state index in [1.54, 1.807) is 13.4 Å². The number of aryl methyl sites for hydroxylation is 1. The van der Waals surface area contributed by atoms with E-state index >= 15 is 0 Å². The van der Waals surface area contributed by atoms with Crippen LogP contribution in [0.2, 0.25) is 0 Å². The van der Waals surface area contributed by atoms with Crippen LogP contribution in [-0.2, 0) is 0 Å². The van der Waals surface area contributed by atoms with E-state index in [2.05, 4.69) is 63.1 Å². The van der Waals surface area contributed by atoms with Crippen molar-refractivity contribution in [2.75, 3.05) is 12.4 Å². The quantitative estimate of drug-likeness (QED) is 0.599. The lowest BCUT2D eigenvalue weighted by Crippen LogP contribution is -1.98. The Hall–Kier alpha value is -1.31. The van der Waals surface area contributed by atoms with Gasteiger partial charge in [0.05, 0.1) is 6.34 Å². The molecule has 1 rings (SSSR count). The molecule has 0 aliphatic carbocycles. The van der Waals surface area contributed by atoms with Gasteiger partial charge in [0.2, 0.25) is 0 Å². The van der Waals surface area contributed by atoms with Gasteiger partial charge in [0.25, 0.3) is 0 Å². The van der Waals surface area contributed by atoms with Crippen molar-refractivity contribution in [1.82, 2.24) is 0 Å². The van der Waals surface area contributed by atoms with Crippen LogP contribution in [0.15, 0.2) is 23.2 Å². The average Bonchev–Trinajstić information content (AvgIpc) is 2.28. The van der Waals surface area contributed by atoms with E-state index in [1.807, 2.05) is 0 Å². The summed E-state index contributed by atoms with van der Waals surface area (Å²) in [6.45, 7) is 10.8. The highest BCUT2D eigenvalue weighted by Gasteiger charge is 2.03. The normalized spacial score (nSPS) is 10.3. The number of anilines is 1. The molecule has 0 spiro atoms. The molecular formula is C15H26N2. The van der Waals surface area contributed by atoms with E-state index in [-0.39, 0.29) is 0 Å². The predicted molar refractivity (Wildman–Crippen MR) is 79.3 cm³/mol. The highest BCUT2D eigenvalue weighted by atomic mass is 14.9. The third-order valence-electron chi connectivity index (χ3n) is 2.26. The number of hydrogen-bond acceptors (Lipinski definition) is 1. The van der Waals surface area contributed by atoms with Crippen LogP contribution in [0, 0.1) is 6.92 Å². The lowest BCUT2D eigenvalue weighted by atomic mass is 9.97. The molecule has 0 aliphatic rings. The van der Waals surface area contributed by atoms with Gasteiger partial charge in [-0.3, -0.25) is 4.99 Å². The highest BCUT2D eigenvalue weighted by molar-refractivity contribution is 5.75. The Morgan fingerprint density at radius 3 is 2.35 bits per heavy atom. The second-order valence-electron chi connectivity index (χ2n) is 4.46.